The molecule has 0 atom stereocenters. The van der Waals surface area contributed by atoms with Crippen LogP contribution in [0.3, 0.4) is 0 Å². The van der Waals surface area contributed by atoms with E-state index in [0.717, 1.165) is 51.2 Å². The number of rotatable bonds is 7. The van der Waals surface area contributed by atoms with Crippen molar-refractivity contribution in [3.8, 4) is 0 Å². The van der Waals surface area contributed by atoms with Gasteiger partial charge in [0.15, 0.2) is 0 Å². The van der Waals surface area contributed by atoms with Gasteiger partial charge in [0.05, 0.1) is 11.2 Å². The lowest BCUT2D eigenvalue weighted by Gasteiger charge is -2.10. The number of nitrogens with two attached hydrogens (primary N) is 1. The topological polar surface area (TPSA) is 71.2 Å². The zero-order chi connectivity index (χ0) is 14.4. The van der Waals surface area contributed by atoms with E-state index < -0.39 is 0 Å². The monoisotopic (exact) mass is 355 g/mol. The van der Waals surface area contributed by atoms with Crippen molar-refractivity contribution < 1.29 is 5.11 Å². The number of nitrogen functional groups attached to an aromatic ring is 1. The Labute approximate surface area is 131 Å². The van der Waals surface area contributed by atoms with Crippen LogP contribution in [-0.4, -0.2) is 34.7 Å². The number of pyridine rings is 1. The lowest BCUT2D eigenvalue weighted by atomic mass is 10.1. The molecule has 0 amide bonds. The maximum absolute atomic E-state index is 8.71. The lowest BCUT2D eigenvalue weighted by Crippen LogP contribution is -2.06. The van der Waals surface area contributed by atoms with Crippen LogP contribution in [0.4, 0.5) is 11.4 Å². The minimum absolute atomic E-state index is 0.266. The summed E-state index contributed by atoms with van der Waals surface area (Å²) in [6.45, 7) is 1.13. The van der Waals surface area contributed by atoms with Crippen LogP contribution in [0.1, 0.15) is 6.42 Å². The first-order chi connectivity index (χ1) is 9.72. The number of hydrogen-bond acceptors (Lipinski definition) is 5. The second-order valence-corrected chi connectivity index (χ2v) is 6.51. The van der Waals surface area contributed by atoms with Crippen molar-refractivity contribution in [2.24, 2.45) is 0 Å². The number of aromatic nitrogens is 1. The fourth-order valence-electron chi connectivity index (χ4n) is 1.88. The number of hydrogen-bond donors (Lipinski definition) is 3. The molecule has 4 N–H and O–H groups in total. The molecule has 0 saturated carbocycles. The normalized spacial score (nSPS) is 10.9. The summed E-state index contributed by atoms with van der Waals surface area (Å²) in [6.07, 6.45) is 2.63. The Hall–Kier alpha value is -0.980. The van der Waals surface area contributed by atoms with Crippen LogP contribution >= 0.6 is 27.7 Å². The number of aliphatic hydroxyl groups excluding tert-OH is 1. The van der Waals surface area contributed by atoms with Crippen LogP contribution in [0, 0.1) is 0 Å². The number of nitrogens with zero attached hydrogens (tertiary/aromatic N) is 1. The molecule has 1 heterocycles. The molecule has 0 saturated heterocycles. The smallest absolute Gasteiger partial charge is 0.0954 e. The van der Waals surface area contributed by atoms with Gasteiger partial charge in [-0.15, -0.1) is 0 Å². The molecule has 0 aliphatic rings. The second kappa shape index (κ2) is 7.71. The van der Waals surface area contributed by atoms with Gasteiger partial charge in [-0.25, -0.2) is 0 Å². The Balaban J connectivity index is 2.02. The van der Waals surface area contributed by atoms with E-state index in [0.29, 0.717) is 0 Å². The zero-order valence-corrected chi connectivity index (χ0v) is 13.5. The van der Waals surface area contributed by atoms with Gasteiger partial charge in [0.25, 0.3) is 0 Å². The maximum Gasteiger partial charge on any atom is 0.0954 e. The molecule has 0 aliphatic heterocycles. The third-order valence-corrected chi connectivity index (χ3v) is 4.36. The highest BCUT2D eigenvalue weighted by Crippen LogP contribution is 2.28. The number of anilines is 2. The van der Waals surface area contributed by atoms with Crippen molar-refractivity contribution in [1.82, 2.24) is 4.98 Å². The standard InChI is InChI=1S/C14H18BrN3OS/c15-10-8-11-12(16)2-3-13(14(11)18-9-10)17-4-7-20-6-1-5-19/h2-3,8-9,17,19H,1,4-7,16H2. The number of fused-ring (bicyclic) bond motifs is 1. The Morgan fingerprint density at radius 2 is 2.20 bits per heavy atom. The Bertz CT molecular complexity index is 580. The van der Waals surface area contributed by atoms with Gasteiger partial charge in [-0.1, -0.05) is 0 Å². The summed E-state index contributed by atoms with van der Waals surface area (Å²) in [5.74, 6) is 1.99. The molecule has 108 valence electrons. The molecule has 6 heteroatoms. The van der Waals surface area contributed by atoms with Crippen molar-refractivity contribution in [2.45, 2.75) is 6.42 Å². The van der Waals surface area contributed by atoms with E-state index in [1.165, 1.54) is 0 Å². The molecule has 1 aromatic heterocycles. The third-order valence-electron chi connectivity index (χ3n) is 2.86. The van der Waals surface area contributed by atoms with Crippen LogP contribution in [0.25, 0.3) is 10.9 Å². The number of thioether (sulfide) groups is 1. The minimum Gasteiger partial charge on any atom is -0.398 e. The largest absolute Gasteiger partial charge is 0.398 e. The predicted octanol–water partition coefficient (Wildman–Crippen LogP) is 3.11. The molecule has 0 unspecified atom stereocenters. The van der Waals surface area contributed by atoms with Gasteiger partial charge in [0.2, 0.25) is 0 Å². The van der Waals surface area contributed by atoms with Crippen molar-refractivity contribution in [3.05, 3.63) is 28.9 Å². The summed E-state index contributed by atoms with van der Waals surface area (Å²) in [6, 6.07) is 5.85. The molecule has 0 aliphatic carbocycles. The summed E-state index contributed by atoms with van der Waals surface area (Å²) in [4.78, 5) is 4.44. The van der Waals surface area contributed by atoms with Crippen LogP contribution in [0.2, 0.25) is 0 Å². The number of halogens is 1. The van der Waals surface area contributed by atoms with Crippen molar-refractivity contribution >= 4 is 50.0 Å². The molecule has 0 radical (unpaired) electrons. The van der Waals surface area contributed by atoms with Gasteiger partial charge >= 0.3 is 0 Å². The highest BCUT2D eigenvalue weighted by atomic mass is 79.9. The summed E-state index contributed by atoms with van der Waals surface area (Å²) < 4.78 is 0.924. The van der Waals surface area contributed by atoms with Crippen LogP contribution in [-0.2, 0) is 0 Å². The molecule has 4 nitrogen and oxygen atoms in total. The predicted molar refractivity (Wildman–Crippen MR) is 91.4 cm³/mol. The molecule has 2 rings (SSSR count). The first-order valence-electron chi connectivity index (χ1n) is 6.48. The van der Waals surface area contributed by atoms with Gasteiger partial charge in [-0.2, -0.15) is 11.8 Å². The van der Waals surface area contributed by atoms with E-state index in [-0.39, 0.29) is 6.61 Å². The van der Waals surface area contributed by atoms with Crippen LogP contribution in [0.5, 0.6) is 0 Å². The summed E-state index contributed by atoms with van der Waals surface area (Å²) in [7, 11) is 0. The van der Waals surface area contributed by atoms with E-state index in [9.17, 15) is 0 Å². The van der Waals surface area contributed by atoms with Crippen molar-refractivity contribution in [3.63, 3.8) is 0 Å². The summed E-state index contributed by atoms with van der Waals surface area (Å²) in [5, 5.41) is 13.1. The molecule has 0 spiro atoms. The maximum atomic E-state index is 8.71. The summed E-state index contributed by atoms with van der Waals surface area (Å²) in [5.41, 5.74) is 8.62. The molecule has 0 fully saturated rings. The highest BCUT2D eigenvalue weighted by molar-refractivity contribution is 9.10. The van der Waals surface area contributed by atoms with E-state index in [2.05, 4.69) is 26.2 Å². The van der Waals surface area contributed by atoms with Crippen LogP contribution in [0.15, 0.2) is 28.9 Å². The van der Waals surface area contributed by atoms with Gasteiger partial charge < -0.3 is 16.2 Å². The van der Waals surface area contributed by atoms with Gasteiger partial charge in [0, 0.05) is 40.6 Å². The fourth-order valence-corrected chi connectivity index (χ4v) is 3.00. The zero-order valence-electron chi connectivity index (χ0n) is 11.1. The Morgan fingerprint density at radius 1 is 1.35 bits per heavy atom. The third kappa shape index (κ3) is 4.01. The van der Waals surface area contributed by atoms with E-state index in [4.69, 9.17) is 10.8 Å². The highest BCUT2D eigenvalue weighted by Gasteiger charge is 2.05. The summed E-state index contributed by atoms with van der Waals surface area (Å²) >= 11 is 5.25. The van der Waals surface area contributed by atoms with Gasteiger partial charge in [-0.3, -0.25) is 4.98 Å². The Morgan fingerprint density at radius 3 is 3.00 bits per heavy atom. The average Bonchev–Trinajstić information content (AvgIpc) is 2.45. The fraction of sp³-hybridized carbons (Fsp3) is 0.357. The molecule has 0 bridgehead atoms. The van der Waals surface area contributed by atoms with Crippen molar-refractivity contribution in [1.29, 1.82) is 0 Å². The van der Waals surface area contributed by atoms with Gasteiger partial charge in [-0.05, 0) is 46.3 Å². The molecule has 2 aromatic rings. The number of aliphatic hydroxyl groups is 1. The minimum atomic E-state index is 0.266. The van der Waals surface area contributed by atoms with Crippen LogP contribution < -0.4 is 11.1 Å². The lowest BCUT2D eigenvalue weighted by molar-refractivity contribution is 0.296. The van der Waals surface area contributed by atoms with Gasteiger partial charge in [0.1, 0.15) is 0 Å². The average molecular weight is 356 g/mol. The molecule has 20 heavy (non-hydrogen) atoms. The quantitative estimate of drug-likeness (QED) is 0.525. The molecule has 1 aromatic carbocycles. The van der Waals surface area contributed by atoms with E-state index >= 15 is 0 Å². The second-order valence-electron chi connectivity index (χ2n) is 4.37. The molecular weight excluding hydrogens is 338 g/mol. The van der Waals surface area contributed by atoms with Crippen molar-refractivity contribution in [2.75, 3.05) is 35.7 Å². The SMILES string of the molecule is Nc1ccc(NCCSCCCO)c2ncc(Br)cc12. The molecular formula is C14H18BrN3OS. The first-order valence-corrected chi connectivity index (χ1v) is 8.43. The Kier molecular flexibility index (Phi) is 5.94. The number of benzene rings is 1. The first kappa shape index (κ1) is 15.4. The number of nitrogens with one attached hydrogen (secondary N) is 1. The van der Waals surface area contributed by atoms with E-state index in [1.54, 1.807) is 6.20 Å². The van der Waals surface area contributed by atoms with E-state index in [1.807, 2.05) is 30.0 Å².